The zero-order valence-corrected chi connectivity index (χ0v) is 20.4. The summed E-state index contributed by atoms with van der Waals surface area (Å²) in [6.45, 7) is 0. The average Bonchev–Trinajstić information content (AvgIpc) is 2.83. The zero-order chi connectivity index (χ0) is 27.3. The van der Waals surface area contributed by atoms with Crippen LogP contribution >= 0.6 is 11.8 Å². The Balaban J connectivity index is 1.67. The number of carboxylic acid groups (broad SMARTS) is 1. The number of sulfone groups is 1. The van der Waals surface area contributed by atoms with Crippen molar-refractivity contribution >= 4 is 39.2 Å². The van der Waals surface area contributed by atoms with Crippen molar-refractivity contribution in [2.75, 3.05) is 16.8 Å². The number of benzene rings is 3. The maximum atomic E-state index is 12.8. The highest BCUT2D eigenvalue weighted by Gasteiger charge is 2.41. The van der Waals surface area contributed by atoms with E-state index in [0.717, 1.165) is 48.2 Å². The van der Waals surface area contributed by atoms with Crippen LogP contribution in [0.1, 0.15) is 10.4 Å². The molecule has 0 aliphatic rings. The maximum Gasteiger partial charge on any atom is 0.573 e. The first-order valence-corrected chi connectivity index (χ1v) is 13.0. The number of halogens is 3. The van der Waals surface area contributed by atoms with E-state index in [4.69, 9.17) is 0 Å². The zero-order valence-electron chi connectivity index (χ0n) is 18.8. The molecule has 37 heavy (non-hydrogen) atoms. The topological polar surface area (TPSA) is 130 Å². The second-order valence-corrected chi connectivity index (χ2v) is 10.8. The summed E-state index contributed by atoms with van der Waals surface area (Å²) < 4.78 is 66.2. The van der Waals surface area contributed by atoms with Gasteiger partial charge in [-0.3, -0.25) is 4.79 Å². The molecule has 0 aliphatic heterocycles. The lowest BCUT2D eigenvalue weighted by Gasteiger charge is -2.23. The fraction of sp³-hybridized carbons (Fsp3) is 0.167. The molecular formula is C24H20F3NO7S2. The van der Waals surface area contributed by atoms with Crippen molar-refractivity contribution in [1.29, 1.82) is 0 Å². The first-order chi connectivity index (χ1) is 17.3. The van der Waals surface area contributed by atoms with Crippen LogP contribution in [-0.2, 0) is 14.6 Å². The molecular weight excluding hydrogens is 535 g/mol. The van der Waals surface area contributed by atoms with Crippen LogP contribution in [0.2, 0.25) is 0 Å². The van der Waals surface area contributed by atoms with Crippen molar-refractivity contribution in [2.24, 2.45) is 0 Å². The number of ether oxygens (including phenoxy) is 1. The fourth-order valence-corrected chi connectivity index (χ4v) is 5.72. The predicted molar refractivity (Wildman–Crippen MR) is 129 cm³/mol. The number of aliphatic carboxylic acids is 1. The predicted octanol–water partition coefficient (Wildman–Crippen LogP) is 4.22. The summed E-state index contributed by atoms with van der Waals surface area (Å²) in [6.07, 6.45) is -4.87. The number of rotatable bonds is 10. The molecule has 3 rings (SSSR count). The first kappa shape index (κ1) is 28.0. The van der Waals surface area contributed by atoms with Gasteiger partial charge < -0.3 is 20.3 Å². The van der Waals surface area contributed by atoms with E-state index in [1.54, 1.807) is 30.3 Å². The van der Waals surface area contributed by atoms with Crippen LogP contribution in [0, 0.1) is 0 Å². The molecule has 1 atom stereocenters. The van der Waals surface area contributed by atoms with Crippen LogP contribution < -0.4 is 10.1 Å². The molecule has 0 heterocycles. The summed E-state index contributed by atoms with van der Waals surface area (Å²) >= 11 is 0.996. The molecule has 0 aliphatic carbocycles. The summed E-state index contributed by atoms with van der Waals surface area (Å²) in [5.74, 6) is -4.34. The Morgan fingerprint density at radius 1 is 0.919 bits per heavy atom. The van der Waals surface area contributed by atoms with E-state index >= 15 is 0 Å². The molecule has 8 nitrogen and oxygen atoms in total. The lowest BCUT2D eigenvalue weighted by atomic mass is 10.1. The maximum absolute atomic E-state index is 12.8. The Morgan fingerprint density at radius 2 is 1.51 bits per heavy atom. The highest BCUT2D eigenvalue weighted by Crippen LogP contribution is 2.27. The molecule has 1 amide bonds. The third-order valence-corrected chi connectivity index (χ3v) is 7.94. The molecule has 3 aromatic carbocycles. The highest BCUT2D eigenvalue weighted by atomic mass is 32.2. The smallest absolute Gasteiger partial charge is 0.479 e. The quantitative estimate of drug-likeness (QED) is 0.317. The number of anilines is 1. The molecule has 0 bridgehead atoms. The number of hydrogen-bond acceptors (Lipinski definition) is 7. The number of thioether (sulfide) groups is 1. The Morgan fingerprint density at radius 3 is 2.05 bits per heavy atom. The fourth-order valence-electron chi connectivity index (χ4n) is 3.04. The number of alkyl halides is 3. The molecule has 0 spiro atoms. The molecule has 0 radical (unpaired) electrons. The van der Waals surface area contributed by atoms with Gasteiger partial charge in [0.1, 0.15) is 5.75 Å². The summed E-state index contributed by atoms with van der Waals surface area (Å²) in [5, 5.41) is 22.6. The number of carbonyl (C=O) groups excluding carboxylic acids is 1. The van der Waals surface area contributed by atoms with Gasteiger partial charge in [0.15, 0.2) is 15.4 Å². The molecule has 1 unspecified atom stereocenters. The number of aliphatic hydroxyl groups is 1. The van der Waals surface area contributed by atoms with Crippen molar-refractivity contribution in [1.82, 2.24) is 0 Å². The van der Waals surface area contributed by atoms with Crippen LogP contribution in [0.25, 0.3) is 0 Å². The van der Waals surface area contributed by atoms with Gasteiger partial charge in [0.25, 0.3) is 5.91 Å². The molecule has 196 valence electrons. The van der Waals surface area contributed by atoms with Gasteiger partial charge in [-0.15, -0.1) is 24.9 Å². The Hall–Kier alpha value is -3.55. The molecule has 0 saturated carbocycles. The van der Waals surface area contributed by atoms with Crippen molar-refractivity contribution in [3.8, 4) is 5.75 Å². The summed E-state index contributed by atoms with van der Waals surface area (Å²) in [6, 6.07) is 17.5. The molecule has 0 fully saturated rings. The molecule has 0 aromatic heterocycles. The molecule has 3 N–H and O–H groups in total. The minimum atomic E-state index is -4.87. The van der Waals surface area contributed by atoms with E-state index in [-0.39, 0.29) is 16.1 Å². The minimum Gasteiger partial charge on any atom is -0.479 e. The van der Waals surface area contributed by atoms with E-state index in [1.807, 2.05) is 0 Å². The molecule has 3 aromatic rings. The van der Waals surface area contributed by atoms with Gasteiger partial charge >= 0.3 is 12.3 Å². The third kappa shape index (κ3) is 7.97. The minimum absolute atomic E-state index is 0.0219. The van der Waals surface area contributed by atoms with E-state index < -0.39 is 50.9 Å². The van der Waals surface area contributed by atoms with Gasteiger partial charge in [0, 0.05) is 21.9 Å². The van der Waals surface area contributed by atoms with Crippen LogP contribution in [0.3, 0.4) is 0 Å². The van der Waals surface area contributed by atoms with Crippen molar-refractivity contribution in [3.05, 3.63) is 84.4 Å². The Labute approximate surface area is 214 Å². The Bertz CT molecular complexity index is 1350. The van der Waals surface area contributed by atoms with Gasteiger partial charge in [-0.05, 0) is 60.7 Å². The summed E-state index contributed by atoms with van der Waals surface area (Å²) in [5.41, 5.74) is -2.37. The van der Waals surface area contributed by atoms with Gasteiger partial charge in [-0.2, -0.15) is 0 Å². The number of carbonyl (C=O) groups is 2. The molecule has 0 saturated heterocycles. The lowest BCUT2D eigenvalue weighted by molar-refractivity contribution is -0.274. The van der Waals surface area contributed by atoms with Crippen LogP contribution in [0.4, 0.5) is 18.9 Å². The van der Waals surface area contributed by atoms with Gasteiger partial charge in [0.05, 0.1) is 10.6 Å². The van der Waals surface area contributed by atoms with E-state index in [2.05, 4.69) is 10.1 Å². The van der Waals surface area contributed by atoms with E-state index in [9.17, 15) is 41.4 Å². The summed E-state index contributed by atoms with van der Waals surface area (Å²) in [7, 11) is -4.25. The van der Waals surface area contributed by atoms with Crippen LogP contribution in [0.5, 0.6) is 5.75 Å². The number of amides is 1. The van der Waals surface area contributed by atoms with Gasteiger partial charge in [0.2, 0.25) is 0 Å². The number of carboxylic acids is 1. The van der Waals surface area contributed by atoms with Crippen molar-refractivity contribution in [2.45, 2.75) is 21.8 Å². The van der Waals surface area contributed by atoms with Crippen LogP contribution in [-0.4, -0.2) is 54.0 Å². The van der Waals surface area contributed by atoms with Gasteiger partial charge in [-0.1, -0.05) is 18.2 Å². The monoisotopic (exact) mass is 555 g/mol. The van der Waals surface area contributed by atoms with Crippen LogP contribution in [0.15, 0.2) is 88.7 Å². The SMILES string of the molecule is O=C(Nc1ccc(S(=O)(=O)CC(O)(CSc2ccccc2)C(=O)O)cc1)c1ccc(OC(F)(F)F)cc1. The standard InChI is InChI=1S/C24H20F3NO7S2/c25-24(26,27)35-18-10-6-16(7-11-18)21(29)28-17-8-12-20(13-9-17)37(33,34)15-23(32,22(30)31)14-36-19-4-2-1-3-5-19/h1-13,32H,14-15H2,(H,28,29)(H,30,31). The number of hydrogen-bond donors (Lipinski definition) is 3. The second-order valence-electron chi connectivity index (χ2n) is 7.75. The van der Waals surface area contributed by atoms with Crippen molar-refractivity contribution < 1.29 is 46.1 Å². The van der Waals surface area contributed by atoms with E-state index in [0.29, 0.717) is 4.90 Å². The highest BCUT2D eigenvalue weighted by molar-refractivity contribution is 7.99. The average molecular weight is 556 g/mol. The third-order valence-electron chi connectivity index (χ3n) is 4.87. The lowest BCUT2D eigenvalue weighted by Crippen LogP contribution is -2.47. The van der Waals surface area contributed by atoms with Gasteiger partial charge in [-0.25, -0.2) is 13.2 Å². The van der Waals surface area contributed by atoms with E-state index in [1.165, 1.54) is 12.1 Å². The normalized spacial score (nSPS) is 13.4. The summed E-state index contributed by atoms with van der Waals surface area (Å²) in [4.78, 5) is 24.4. The number of nitrogens with one attached hydrogen (secondary N) is 1. The largest absolute Gasteiger partial charge is 0.573 e. The van der Waals surface area contributed by atoms with Crippen molar-refractivity contribution in [3.63, 3.8) is 0 Å². The Kier molecular flexibility index (Phi) is 8.51. The molecule has 13 heteroatoms. The first-order valence-electron chi connectivity index (χ1n) is 10.4. The second kappa shape index (κ2) is 11.2.